The van der Waals surface area contributed by atoms with Crippen LogP contribution in [0.5, 0.6) is 0 Å². The van der Waals surface area contributed by atoms with Crippen molar-refractivity contribution in [3.63, 3.8) is 0 Å². The van der Waals surface area contributed by atoms with Crippen LogP contribution in [0.1, 0.15) is 5.56 Å². The Morgan fingerprint density at radius 3 is 3.08 bits per heavy atom. The molecule has 0 unspecified atom stereocenters. The van der Waals surface area contributed by atoms with Crippen LogP contribution in [0.2, 0.25) is 0 Å². The van der Waals surface area contributed by atoms with Crippen LogP contribution in [0.3, 0.4) is 0 Å². The molecule has 0 fully saturated rings. The quantitative estimate of drug-likeness (QED) is 0.598. The Labute approximate surface area is 76.7 Å². The smallest absolute Gasteiger partial charge is 0.239 e. The number of aromatic nitrogens is 1. The average molecular weight is 168 g/mol. The second kappa shape index (κ2) is 3.24. The topological polar surface area (TPSA) is 17.2 Å². The molecule has 1 aromatic heterocycles. The summed E-state index contributed by atoms with van der Waals surface area (Å²) in [5, 5.41) is 1.12. The van der Waals surface area contributed by atoms with E-state index in [1.807, 2.05) is 30.3 Å². The van der Waals surface area contributed by atoms with Gasteiger partial charge >= 0.3 is 0 Å². The first-order chi connectivity index (χ1) is 6.40. The molecule has 0 saturated heterocycles. The van der Waals surface area contributed by atoms with Gasteiger partial charge < -0.3 is 4.85 Å². The molecule has 62 valence electrons. The number of rotatable bonds is 1. The van der Waals surface area contributed by atoms with Gasteiger partial charge in [-0.15, -0.1) is 0 Å². The molecule has 13 heavy (non-hydrogen) atoms. The van der Waals surface area contributed by atoms with Gasteiger partial charge in [0.15, 0.2) is 0 Å². The van der Waals surface area contributed by atoms with E-state index in [0.29, 0.717) is 6.54 Å². The second-order valence-electron chi connectivity index (χ2n) is 2.85. The van der Waals surface area contributed by atoms with Gasteiger partial charge in [-0.05, 0) is 12.1 Å². The summed E-state index contributed by atoms with van der Waals surface area (Å²) in [5.41, 5.74) is 1.99. The van der Waals surface area contributed by atoms with E-state index >= 15 is 0 Å². The highest BCUT2D eigenvalue weighted by Gasteiger charge is 1.97. The van der Waals surface area contributed by atoms with Gasteiger partial charge in [0.1, 0.15) is 0 Å². The SMILES string of the molecule is [C-]#[N+]Cc1ccc2cccnc2c1. The fraction of sp³-hybridized carbons (Fsp3) is 0.0909. The summed E-state index contributed by atoms with van der Waals surface area (Å²) in [6, 6.07) is 9.87. The molecule has 1 aromatic carbocycles. The van der Waals surface area contributed by atoms with Gasteiger partial charge in [-0.1, -0.05) is 18.2 Å². The minimum absolute atomic E-state index is 0.437. The van der Waals surface area contributed by atoms with Crippen molar-refractivity contribution in [2.24, 2.45) is 0 Å². The third kappa shape index (κ3) is 1.50. The fourth-order valence-corrected chi connectivity index (χ4v) is 1.30. The van der Waals surface area contributed by atoms with Gasteiger partial charge in [-0.25, -0.2) is 6.57 Å². The van der Waals surface area contributed by atoms with Crippen molar-refractivity contribution in [3.8, 4) is 0 Å². The number of benzene rings is 1. The van der Waals surface area contributed by atoms with E-state index in [-0.39, 0.29) is 0 Å². The monoisotopic (exact) mass is 168 g/mol. The van der Waals surface area contributed by atoms with Gasteiger partial charge in [-0.3, -0.25) is 4.98 Å². The molecular weight excluding hydrogens is 160 g/mol. The maximum Gasteiger partial charge on any atom is 0.239 e. The minimum Gasteiger partial charge on any atom is -0.312 e. The van der Waals surface area contributed by atoms with Gasteiger partial charge in [-0.2, -0.15) is 0 Å². The molecule has 2 nitrogen and oxygen atoms in total. The van der Waals surface area contributed by atoms with Gasteiger partial charge in [0, 0.05) is 17.1 Å². The van der Waals surface area contributed by atoms with Crippen LogP contribution >= 0.6 is 0 Å². The first kappa shape index (κ1) is 7.75. The summed E-state index contributed by atoms with van der Waals surface area (Å²) >= 11 is 0. The molecule has 0 radical (unpaired) electrons. The van der Waals surface area contributed by atoms with E-state index in [9.17, 15) is 0 Å². The largest absolute Gasteiger partial charge is 0.312 e. The highest BCUT2D eigenvalue weighted by Crippen LogP contribution is 2.13. The lowest BCUT2D eigenvalue weighted by atomic mass is 10.1. The van der Waals surface area contributed by atoms with Crippen LogP contribution in [0.25, 0.3) is 15.7 Å². The van der Waals surface area contributed by atoms with Gasteiger partial charge in [0.25, 0.3) is 0 Å². The van der Waals surface area contributed by atoms with Crippen molar-refractivity contribution < 1.29 is 0 Å². The Bertz CT molecular complexity index is 469. The van der Waals surface area contributed by atoms with Crippen LogP contribution < -0.4 is 0 Å². The molecule has 0 aliphatic carbocycles. The molecular formula is C11H8N2. The first-order valence-corrected chi connectivity index (χ1v) is 4.07. The molecule has 2 heteroatoms. The van der Waals surface area contributed by atoms with Crippen molar-refractivity contribution in [1.82, 2.24) is 4.98 Å². The van der Waals surface area contributed by atoms with E-state index in [1.54, 1.807) is 6.20 Å². The fourth-order valence-electron chi connectivity index (χ4n) is 1.30. The molecule has 2 aromatic rings. The zero-order valence-electron chi connectivity index (χ0n) is 7.07. The van der Waals surface area contributed by atoms with E-state index in [4.69, 9.17) is 6.57 Å². The molecule has 0 bridgehead atoms. The number of hydrogen-bond donors (Lipinski definition) is 0. The number of hydrogen-bond acceptors (Lipinski definition) is 1. The van der Waals surface area contributed by atoms with Crippen molar-refractivity contribution in [2.75, 3.05) is 0 Å². The zero-order valence-corrected chi connectivity index (χ0v) is 7.07. The van der Waals surface area contributed by atoms with Crippen molar-refractivity contribution in [2.45, 2.75) is 6.54 Å². The molecule has 0 saturated carbocycles. The lowest BCUT2D eigenvalue weighted by Crippen LogP contribution is -1.82. The third-order valence-electron chi connectivity index (χ3n) is 1.93. The lowest BCUT2D eigenvalue weighted by molar-refractivity contribution is 1.26. The average Bonchev–Trinajstić information content (AvgIpc) is 2.18. The van der Waals surface area contributed by atoms with Gasteiger partial charge in [0.2, 0.25) is 6.54 Å². The molecule has 0 aliphatic heterocycles. The highest BCUT2D eigenvalue weighted by atomic mass is 14.7. The summed E-state index contributed by atoms with van der Waals surface area (Å²) in [4.78, 5) is 7.56. The molecule has 0 aliphatic rings. The minimum atomic E-state index is 0.437. The Morgan fingerprint density at radius 1 is 1.31 bits per heavy atom. The first-order valence-electron chi connectivity index (χ1n) is 4.07. The molecule has 0 amide bonds. The standard InChI is InChI=1S/C11H8N2/c1-12-8-9-4-5-10-3-2-6-13-11(10)7-9/h2-7H,8H2. The van der Waals surface area contributed by atoms with E-state index < -0.39 is 0 Å². The van der Waals surface area contributed by atoms with Crippen molar-refractivity contribution in [3.05, 3.63) is 53.5 Å². The van der Waals surface area contributed by atoms with Crippen LogP contribution in [0, 0.1) is 6.57 Å². The third-order valence-corrected chi connectivity index (χ3v) is 1.93. The predicted octanol–water partition coefficient (Wildman–Crippen LogP) is 2.65. The summed E-state index contributed by atoms with van der Waals surface area (Å²) in [7, 11) is 0. The molecule has 2 rings (SSSR count). The number of nitrogens with zero attached hydrogens (tertiary/aromatic N) is 2. The van der Waals surface area contributed by atoms with Crippen LogP contribution in [-0.2, 0) is 6.54 Å². The Balaban J connectivity index is 2.57. The number of pyridine rings is 1. The summed E-state index contributed by atoms with van der Waals surface area (Å²) in [6.45, 7) is 7.19. The van der Waals surface area contributed by atoms with Crippen LogP contribution in [-0.4, -0.2) is 4.98 Å². The zero-order chi connectivity index (χ0) is 9.10. The number of fused-ring (bicyclic) bond motifs is 1. The van der Waals surface area contributed by atoms with E-state index in [2.05, 4.69) is 9.83 Å². The normalized spacial score (nSPS) is 9.77. The maximum absolute atomic E-state index is 6.75. The van der Waals surface area contributed by atoms with Crippen LogP contribution in [0.15, 0.2) is 36.5 Å². The van der Waals surface area contributed by atoms with Crippen molar-refractivity contribution >= 4 is 10.9 Å². The van der Waals surface area contributed by atoms with E-state index in [0.717, 1.165) is 16.5 Å². The van der Waals surface area contributed by atoms with E-state index in [1.165, 1.54) is 0 Å². The molecule has 0 N–H and O–H groups in total. The Kier molecular flexibility index (Phi) is 1.93. The maximum atomic E-state index is 6.75. The molecule has 0 spiro atoms. The molecule has 0 atom stereocenters. The predicted molar refractivity (Wildman–Crippen MR) is 52.0 cm³/mol. The molecule has 1 heterocycles. The highest BCUT2D eigenvalue weighted by molar-refractivity contribution is 5.78. The lowest BCUT2D eigenvalue weighted by Gasteiger charge is -1.96. The summed E-state index contributed by atoms with van der Waals surface area (Å²) in [6.07, 6.45) is 1.77. The second-order valence-corrected chi connectivity index (χ2v) is 2.85. The van der Waals surface area contributed by atoms with Crippen LogP contribution in [0.4, 0.5) is 0 Å². The summed E-state index contributed by atoms with van der Waals surface area (Å²) < 4.78 is 0. The summed E-state index contributed by atoms with van der Waals surface area (Å²) in [5.74, 6) is 0. The Morgan fingerprint density at radius 2 is 2.23 bits per heavy atom. The van der Waals surface area contributed by atoms with Gasteiger partial charge in [0.05, 0.1) is 5.52 Å². The Hall–Kier alpha value is -1.88. The van der Waals surface area contributed by atoms with Crippen molar-refractivity contribution in [1.29, 1.82) is 0 Å².